The Morgan fingerprint density at radius 1 is 1.21 bits per heavy atom. The van der Waals surface area contributed by atoms with Gasteiger partial charge < -0.3 is 15.3 Å². The molecule has 4 atom stereocenters. The van der Waals surface area contributed by atoms with E-state index < -0.39 is 12.0 Å². The molecule has 4 heterocycles. The van der Waals surface area contributed by atoms with E-state index in [-0.39, 0.29) is 29.6 Å². The lowest BCUT2D eigenvalue weighted by atomic mass is 9.96. The van der Waals surface area contributed by atoms with E-state index in [0.29, 0.717) is 28.9 Å². The van der Waals surface area contributed by atoms with Crippen LogP contribution in [0.3, 0.4) is 0 Å². The van der Waals surface area contributed by atoms with Crippen molar-refractivity contribution in [3.63, 3.8) is 0 Å². The van der Waals surface area contributed by atoms with Crippen LogP contribution in [0.25, 0.3) is 16.9 Å². The van der Waals surface area contributed by atoms with Gasteiger partial charge in [-0.1, -0.05) is 0 Å². The van der Waals surface area contributed by atoms with E-state index >= 15 is 4.39 Å². The number of rotatable bonds is 5. The van der Waals surface area contributed by atoms with Crippen LogP contribution < -0.4 is 10.2 Å². The van der Waals surface area contributed by atoms with Gasteiger partial charge in [-0.15, -0.1) is 10.2 Å². The fourth-order valence-corrected chi connectivity index (χ4v) is 5.13. The van der Waals surface area contributed by atoms with E-state index in [2.05, 4.69) is 25.6 Å². The van der Waals surface area contributed by atoms with Crippen LogP contribution in [0.4, 0.5) is 14.7 Å². The molecule has 2 aromatic heterocycles. The highest BCUT2D eigenvalue weighted by Gasteiger charge is 2.48. The van der Waals surface area contributed by atoms with Crippen molar-refractivity contribution in [3.8, 4) is 28.8 Å². The molecule has 2 saturated heterocycles. The molecule has 174 valence electrons. The Morgan fingerprint density at radius 3 is 2.74 bits per heavy atom. The lowest BCUT2D eigenvalue weighted by Crippen LogP contribution is -2.57. The smallest absolute Gasteiger partial charge is 0.245 e. The van der Waals surface area contributed by atoms with E-state index in [0.717, 1.165) is 38.3 Å². The van der Waals surface area contributed by atoms with Gasteiger partial charge in [-0.05, 0) is 44.2 Å². The summed E-state index contributed by atoms with van der Waals surface area (Å²) in [5, 5.41) is 35.2. The molecule has 0 spiro atoms. The third-order valence-electron chi connectivity index (χ3n) is 6.93. The first-order valence-electron chi connectivity index (χ1n) is 11.4. The molecule has 2 aliphatic heterocycles. The number of benzene rings is 1. The number of nitriles is 1. The van der Waals surface area contributed by atoms with Crippen molar-refractivity contribution < 1.29 is 13.9 Å². The molecular formula is C23H22F2N8O. The van der Waals surface area contributed by atoms with E-state index in [1.54, 1.807) is 18.2 Å². The average Bonchev–Trinajstić information content (AvgIpc) is 3.48. The van der Waals surface area contributed by atoms with Crippen LogP contribution in [0.5, 0.6) is 5.75 Å². The van der Waals surface area contributed by atoms with Crippen LogP contribution in [0.15, 0.2) is 30.6 Å². The molecule has 2 N–H and O–H groups in total. The first-order chi connectivity index (χ1) is 16.5. The van der Waals surface area contributed by atoms with Gasteiger partial charge >= 0.3 is 0 Å². The second-order valence-corrected chi connectivity index (χ2v) is 9.16. The number of fused-ring (bicyclic) bond motifs is 2. The van der Waals surface area contributed by atoms with Crippen LogP contribution in [0.1, 0.15) is 37.8 Å². The summed E-state index contributed by atoms with van der Waals surface area (Å²) in [5.74, 6) is -0.449. The van der Waals surface area contributed by atoms with Crippen LogP contribution >= 0.6 is 0 Å². The van der Waals surface area contributed by atoms with Crippen molar-refractivity contribution in [1.82, 2.24) is 30.3 Å². The number of anilines is 1. The molecule has 1 aliphatic carbocycles. The standard InChI is InChI=1S/C23H22F2N8O/c24-16-11-32(31-18(16)9-26)14-4-5-15(21(34)8-14)19-10-27-23(30-29-19)33(13-2-3-13)20-7-12-1-6-17(28-12)22(20)25/h4-5,8,10-13,17,20,22,28,34H,1-3,6-7H2/t12-,17-,20+,22-/m0/s1. The molecule has 0 unspecified atom stereocenters. The topological polar surface area (TPSA) is 116 Å². The molecule has 2 bridgehead atoms. The highest BCUT2D eigenvalue weighted by molar-refractivity contribution is 5.68. The molecule has 9 nitrogen and oxygen atoms in total. The molecule has 1 aromatic carbocycles. The second kappa shape index (κ2) is 7.99. The number of hydrogen-bond acceptors (Lipinski definition) is 8. The molecule has 3 aliphatic rings. The maximum Gasteiger partial charge on any atom is 0.245 e. The Hall–Kier alpha value is -3.65. The van der Waals surface area contributed by atoms with E-state index in [1.165, 1.54) is 16.9 Å². The van der Waals surface area contributed by atoms with Crippen molar-refractivity contribution in [2.75, 3.05) is 4.90 Å². The van der Waals surface area contributed by atoms with Crippen molar-refractivity contribution in [2.45, 2.75) is 62.4 Å². The molecule has 0 radical (unpaired) electrons. The largest absolute Gasteiger partial charge is 0.507 e. The van der Waals surface area contributed by atoms with Gasteiger partial charge in [0.1, 0.15) is 23.7 Å². The molecule has 11 heteroatoms. The van der Waals surface area contributed by atoms with Crippen molar-refractivity contribution >= 4 is 5.95 Å². The molecular weight excluding hydrogens is 442 g/mol. The summed E-state index contributed by atoms with van der Waals surface area (Å²) in [7, 11) is 0. The third kappa shape index (κ3) is 3.54. The third-order valence-corrected chi connectivity index (χ3v) is 6.93. The molecule has 0 amide bonds. The first-order valence-corrected chi connectivity index (χ1v) is 11.4. The minimum Gasteiger partial charge on any atom is -0.507 e. The van der Waals surface area contributed by atoms with Gasteiger partial charge in [0.25, 0.3) is 0 Å². The number of phenols is 1. The minimum absolute atomic E-state index is 0.111. The average molecular weight is 464 g/mol. The van der Waals surface area contributed by atoms with Gasteiger partial charge in [-0.3, -0.25) is 0 Å². The van der Waals surface area contributed by atoms with Gasteiger partial charge in [-0.2, -0.15) is 10.4 Å². The summed E-state index contributed by atoms with van der Waals surface area (Å²) in [5.41, 5.74) is 0.806. The summed E-state index contributed by atoms with van der Waals surface area (Å²) in [6.45, 7) is 0. The Bertz CT molecular complexity index is 1270. The van der Waals surface area contributed by atoms with Crippen LogP contribution in [0.2, 0.25) is 0 Å². The number of nitrogens with one attached hydrogen (secondary N) is 1. The highest BCUT2D eigenvalue weighted by atomic mass is 19.1. The zero-order valence-electron chi connectivity index (χ0n) is 18.1. The van der Waals surface area contributed by atoms with Gasteiger partial charge in [-0.25, -0.2) is 18.4 Å². The predicted molar refractivity (Wildman–Crippen MR) is 117 cm³/mol. The zero-order valence-corrected chi connectivity index (χ0v) is 18.1. The molecule has 34 heavy (non-hydrogen) atoms. The summed E-state index contributed by atoms with van der Waals surface area (Å²) in [4.78, 5) is 6.50. The number of piperidine rings is 1. The Balaban J connectivity index is 1.26. The summed E-state index contributed by atoms with van der Waals surface area (Å²) in [6, 6.07) is 6.47. The fraction of sp³-hybridized carbons (Fsp3) is 0.435. The fourth-order valence-electron chi connectivity index (χ4n) is 5.13. The number of nitrogens with zero attached hydrogens (tertiary/aromatic N) is 7. The molecule has 3 aromatic rings. The molecule has 6 rings (SSSR count). The second-order valence-electron chi connectivity index (χ2n) is 9.16. The lowest BCUT2D eigenvalue weighted by molar-refractivity contribution is 0.171. The maximum absolute atomic E-state index is 15.2. The van der Waals surface area contributed by atoms with Gasteiger partial charge in [0.2, 0.25) is 5.95 Å². The summed E-state index contributed by atoms with van der Waals surface area (Å²) < 4.78 is 30.1. The van der Waals surface area contributed by atoms with Crippen LogP contribution in [-0.4, -0.2) is 60.4 Å². The minimum atomic E-state index is -0.979. The monoisotopic (exact) mass is 464 g/mol. The number of hydrogen-bond donors (Lipinski definition) is 2. The van der Waals surface area contributed by atoms with Gasteiger partial charge in [0, 0.05) is 29.8 Å². The number of alkyl halides is 1. The van der Waals surface area contributed by atoms with Crippen molar-refractivity contribution in [3.05, 3.63) is 42.1 Å². The molecule has 3 fully saturated rings. The summed E-state index contributed by atoms with van der Waals surface area (Å²) in [6.07, 6.45) is 6.17. The number of aromatic nitrogens is 5. The van der Waals surface area contributed by atoms with Crippen LogP contribution in [-0.2, 0) is 0 Å². The number of halogens is 2. The van der Waals surface area contributed by atoms with E-state index in [9.17, 15) is 9.50 Å². The maximum atomic E-state index is 15.2. The predicted octanol–water partition coefficient (Wildman–Crippen LogP) is 2.64. The first kappa shape index (κ1) is 20.9. The number of aromatic hydroxyl groups is 1. The Morgan fingerprint density at radius 2 is 2.06 bits per heavy atom. The van der Waals surface area contributed by atoms with E-state index in [4.69, 9.17) is 5.26 Å². The SMILES string of the molecule is N#Cc1nn(-c2ccc(-c3cnc(N(C4CC4)[C@@H]4C[C@@H]5CC[C@H](N5)[C@@H]4F)nn3)c(O)c2)cc1F. The zero-order chi connectivity index (χ0) is 23.4. The number of phenolic OH excluding ortho intramolecular Hbond substituents is 1. The van der Waals surface area contributed by atoms with E-state index in [1.807, 2.05) is 4.90 Å². The van der Waals surface area contributed by atoms with Gasteiger partial charge in [0.15, 0.2) is 11.5 Å². The molecule has 1 saturated carbocycles. The Kier molecular flexibility index (Phi) is 4.91. The Labute approximate surface area is 194 Å². The normalized spacial score (nSPS) is 25.8. The van der Waals surface area contributed by atoms with Crippen molar-refractivity contribution in [2.24, 2.45) is 0 Å². The highest BCUT2D eigenvalue weighted by Crippen LogP contribution is 2.39. The summed E-state index contributed by atoms with van der Waals surface area (Å²) >= 11 is 0. The van der Waals surface area contributed by atoms with Crippen molar-refractivity contribution in [1.29, 1.82) is 5.26 Å². The van der Waals surface area contributed by atoms with Crippen LogP contribution in [0, 0.1) is 17.1 Å². The quantitative estimate of drug-likeness (QED) is 0.592. The lowest BCUT2D eigenvalue weighted by Gasteiger charge is -2.40. The van der Waals surface area contributed by atoms with Gasteiger partial charge in [0.05, 0.1) is 24.1 Å².